The minimum Gasteiger partial charge on any atom is -0.480 e. The Hall–Kier alpha value is -1.76. The van der Waals surface area contributed by atoms with Gasteiger partial charge in [-0.05, 0) is 37.2 Å². The molecule has 1 unspecified atom stereocenters. The van der Waals surface area contributed by atoms with Crippen LogP contribution < -0.4 is 5.69 Å². The highest BCUT2D eigenvalue weighted by atomic mass is 19.1. The van der Waals surface area contributed by atoms with E-state index in [1.807, 2.05) is 32.6 Å². The van der Waals surface area contributed by atoms with E-state index >= 15 is 0 Å². The molecule has 6 nitrogen and oxygen atoms in total. The minimum atomic E-state index is -1.12. The molecule has 2 rings (SSSR count). The zero-order valence-corrected chi connectivity index (χ0v) is 16.3. The second-order valence-corrected chi connectivity index (χ2v) is 8.35. The first kappa shape index (κ1) is 20.6. The molecule has 1 N–H and O–H groups in total. The molecule has 1 aromatic rings. The third kappa shape index (κ3) is 4.90. The van der Waals surface area contributed by atoms with Crippen molar-refractivity contribution in [2.45, 2.75) is 65.1 Å². The summed E-state index contributed by atoms with van der Waals surface area (Å²) in [4.78, 5) is 30.3. The average Bonchev–Trinajstić information content (AvgIpc) is 2.48. The van der Waals surface area contributed by atoms with E-state index in [0.717, 1.165) is 5.56 Å². The van der Waals surface area contributed by atoms with Gasteiger partial charge in [0.1, 0.15) is 11.7 Å². The van der Waals surface area contributed by atoms with Gasteiger partial charge in [-0.2, -0.15) is 4.98 Å². The summed E-state index contributed by atoms with van der Waals surface area (Å²) in [6, 6.07) is -0.923. The maximum Gasteiger partial charge on any atom is 0.348 e. The lowest BCUT2D eigenvalue weighted by molar-refractivity contribution is -0.141. The summed E-state index contributed by atoms with van der Waals surface area (Å²) in [5.74, 6) is -0.829. The number of rotatable bonds is 8. The summed E-state index contributed by atoms with van der Waals surface area (Å²) in [7, 11) is 0. The first-order chi connectivity index (χ1) is 12.0. The number of aromatic nitrogens is 2. The normalized spacial score (nSPS) is 18.2. The van der Waals surface area contributed by atoms with Crippen molar-refractivity contribution in [1.82, 2.24) is 14.5 Å². The van der Waals surface area contributed by atoms with Crippen LogP contribution in [0.25, 0.3) is 0 Å². The van der Waals surface area contributed by atoms with Crippen LogP contribution in [-0.4, -0.2) is 50.8 Å². The molecule has 146 valence electrons. The SMILES string of the molecule is CC(C)CC(C(=O)O)n1cc(CCN2CC(C)(F)C2)c(C(C)C)nc1=O. The molecule has 1 saturated heterocycles. The summed E-state index contributed by atoms with van der Waals surface area (Å²) in [6.07, 6.45) is 2.63. The molecule has 0 aliphatic carbocycles. The van der Waals surface area contributed by atoms with E-state index in [9.17, 15) is 19.1 Å². The first-order valence-electron chi connectivity index (χ1n) is 9.26. The molecule has 1 atom stereocenters. The Kier molecular flexibility index (Phi) is 6.21. The van der Waals surface area contributed by atoms with Crippen molar-refractivity contribution in [3.8, 4) is 0 Å². The Balaban J connectivity index is 2.29. The Morgan fingerprint density at radius 1 is 1.35 bits per heavy atom. The first-order valence-corrected chi connectivity index (χ1v) is 9.26. The van der Waals surface area contributed by atoms with Crippen LogP contribution in [0.15, 0.2) is 11.0 Å². The standard InChI is InChI=1S/C19H30FN3O3/c1-12(2)8-15(17(24)25)23-9-14(16(13(3)4)21-18(23)26)6-7-22-10-19(5,20)11-22/h9,12-13,15H,6-8,10-11H2,1-5H3,(H,24,25). The molecule has 1 aromatic heterocycles. The average molecular weight is 367 g/mol. The van der Waals surface area contributed by atoms with Crippen molar-refractivity contribution in [3.05, 3.63) is 27.9 Å². The van der Waals surface area contributed by atoms with E-state index in [0.29, 0.717) is 38.2 Å². The second-order valence-electron chi connectivity index (χ2n) is 8.35. The number of nitrogens with zero attached hydrogens (tertiary/aromatic N) is 3. The predicted molar refractivity (Wildman–Crippen MR) is 98.4 cm³/mol. The number of carboxylic acids is 1. The van der Waals surface area contributed by atoms with Gasteiger partial charge in [0, 0.05) is 25.8 Å². The fourth-order valence-electron chi connectivity index (χ4n) is 3.54. The van der Waals surface area contributed by atoms with Crippen molar-refractivity contribution in [2.75, 3.05) is 19.6 Å². The highest BCUT2D eigenvalue weighted by Gasteiger charge is 2.38. The fourth-order valence-corrected chi connectivity index (χ4v) is 3.54. The molecule has 0 spiro atoms. The molecular formula is C19H30FN3O3. The highest BCUT2D eigenvalue weighted by Crippen LogP contribution is 2.25. The number of alkyl halides is 1. The van der Waals surface area contributed by atoms with Gasteiger partial charge in [-0.15, -0.1) is 0 Å². The van der Waals surface area contributed by atoms with E-state index in [1.54, 1.807) is 13.1 Å². The maximum atomic E-state index is 13.7. The number of hydrogen-bond donors (Lipinski definition) is 1. The van der Waals surface area contributed by atoms with Crippen LogP contribution in [0.3, 0.4) is 0 Å². The molecule has 7 heteroatoms. The summed E-state index contributed by atoms with van der Waals surface area (Å²) in [6.45, 7) is 10.8. The Morgan fingerprint density at radius 3 is 2.42 bits per heavy atom. The van der Waals surface area contributed by atoms with Gasteiger partial charge in [0.05, 0.1) is 5.69 Å². The summed E-state index contributed by atoms with van der Waals surface area (Å²) < 4.78 is 14.9. The van der Waals surface area contributed by atoms with Crippen LogP contribution in [0.5, 0.6) is 0 Å². The summed E-state index contributed by atoms with van der Waals surface area (Å²) >= 11 is 0. The Labute approximate surface area is 154 Å². The topological polar surface area (TPSA) is 75.4 Å². The highest BCUT2D eigenvalue weighted by molar-refractivity contribution is 5.71. The van der Waals surface area contributed by atoms with E-state index < -0.39 is 23.4 Å². The van der Waals surface area contributed by atoms with Crippen molar-refractivity contribution in [1.29, 1.82) is 0 Å². The van der Waals surface area contributed by atoms with Crippen LogP contribution in [0.1, 0.15) is 64.3 Å². The third-order valence-electron chi connectivity index (χ3n) is 4.73. The van der Waals surface area contributed by atoms with Crippen LogP contribution >= 0.6 is 0 Å². The smallest absolute Gasteiger partial charge is 0.348 e. The zero-order chi connectivity index (χ0) is 19.6. The molecule has 1 aliphatic rings. The van der Waals surface area contributed by atoms with Crippen LogP contribution in [-0.2, 0) is 11.2 Å². The number of aliphatic carboxylic acids is 1. The maximum absolute atomic E-state index is 13.7. The molecule has 0 bridgehead atoms. The van der Waals surface area contributed by atoms with E-state index in [2.05, 4.69) is 4.98 Å². The van der Waals surface area contributed by atoms with Gasteiger partial charge in [0.2, 0.25) is 0 Å². The van der Waals surface area contributed by atoms with Gasteiger partial charge < -0.3 is 5.11 Å². The number of hydrogen-bond acceptors (Lipinski definition) is 4. The lowest BCUT2D eigenvalue weighted by Crippen LogP contribution is -2.57. The molecule has 0 aromatic carbocycles. The molecule has 0 amide bonds. The van der Waals surface area contributed by atoms with Crippen LogP contribution in [0.2, 0.25) is 0 Å². The van der Waals surface area contributed by atoms with Crippen molar-refractivity contribution in [3.63, 3.8) is 0 Å². The molecular weight excluding hydrogens is 337 g/mol. The predicted octanol–water partition coefficient (Wildman–Crippen LogP) is 2.62. The largest absolute Gasteiger partial charge is 0.480 e. The number of halogens is 1. The van der Waals surface area contributed by atoms with Gasteiger partial charge in [-0.3, -0.25) is 9.47 Å². The van der Waals surface area contributed by atoms with Crippen molar-refractivity contribution in [2.24, 2.45) is 5.92 Å². The second kappa shape index (κ2) is 7.86. The molecule has 2 heterocycles. The lowest BCUT2D eigenvalue weighted by Gasteiger charge is -2.42. The Morgan fingerprint density at radius 2 is 1.96 bits per heavy atom. The molecule has 26 heavy (non-hydrogen) atoms. The van der Waals surface area contributed by atoms with Crippen molar-refractivity contribution >= 4 is 5.97 Å². The van der Waals surface area contributed by atoms with Crippen molar-refractivity contribution < 1.29 is 14.3 Å². The van der Waals surface area contributed by atoms with Gasteiger partial charge >= 0.3 is 11.7 Å². The Bertz CT molecular complexity index is 704. The summed E-state index contributed by atoms with van der Waals surface area (Å²) in [5, 5.41) is 9.55. The van der Waals surface area contributed by atoms with Crippen LogP contribution in [0.4, 0.5) is 4.39 Å². The quantitative estimate of drug-likeness (QED) is 0.764. The van der Waals surface area contributed by atoms with E-state index in [-0.39, 0.29) is 11.8 Å². The van der Waals surface area contributed by atoms with Gasteiger partial charge in [0.15, 0.2) is 0 Å². The van der Waals surface area contributed by atoms with E-state index in [4.69, 9.17) is 0 Å². The minimum absolute atomic E-state index is 0.0589. The monoisotopic (exact) mass is 367 g/mol. The molecule has 0 radical (unpaired) electrons. The molecule has 1 aliphatic heterocycles. The summed E-state index contributed by atoms with van der Waals surface area (Å²) in [5.41, 5.74) is -0.0832. The zero-order valence-electron chi connectivity index (χ0n) is 16.3. The number of likely N-dealkylation sites (tertiary alicyclic amines) is 1. The fraction of sp³-hybridized carbons (Fsp3) is 0.737. The van der Waals surface area contributed by atoms with E-state index in [1.165, 1.54) is 4.57 Å². The van der Waals surface area contributed by atoms with Crippen LogP contribution in [0, 0.1) is 5.92 Å². The number of carboxylic acid groups (broad SMARTS) is 1. The lowest BCUT2D eigenvalue weighted by atomic mass is 9.97. The van der Waals surface area contributed by atoms with Gasteiger partial charge in [0.25, 0.3) is 0 Å². The third-order valence-corrected chi connectivity index (χ3v) is 4.73. The molecule has 1 fully saturated rings. The van der Waals surface area contributed by atoms with Gasteiger partial charge in [-0.25, -0.2) is 14.0 Å². The molecule has 0 saturated carbocycles. The van der Waals surface area contributed by atoms with Gasteiger partial charge in [-0.1, -0.05) is 27.7 Å². The number of carbonyl (C=O) groups is 1.